The van der Waals surface area contributed by atoms with Gasteiger partial charge in [0.05, 0.1) is 0 Å². The second-order valence-electron chi connectivity index (χ2n) is 6.53. The molecule has 0 unspecified atom stereocenters. The van der Waals surface area contributed by atoms with E-state index in [-0.39, 0.29) is 17.7 Å². The Bertz CT molecular complexity index is 492. The first kappa shape index (κ1) is 18.4. The number of aryl methyl sites for hydroxylation is 1. The number of carbonyl (C=O) groups excluding carboxylic acids is 2. The molecule has 1 aromatic rings. The lowest BCUT2D eigenvalue weighted by Gasteiger charge is -2.09. The van der Waals surface area contributed by atoms with Gasteiger partial charge in [0, 0.05) is 23.9 Å². The van der Waals surface area contributed by atoms with Crippen molar-refractivity contribution >= 4 is 17.4 Å². The monoisotopic (exact) mass is 303 g/mol. The van der Waals surface area contributed by atoms with Crippen LogP contribution in [0.15, 0.2) is 24.3 Å². The molecular formula is C19H29NO2. The highest BCUT2D eigenvalue weighted by atomic mass is 16.1. The summed E-state index contributed by atoms with van der Waals surface area (Å²) in [6.07, 6.45) is 4.80. The molecule has 0 saturated heterocycles. The molecule has 0 aliphatic rings. The van der Waals surface area contributed by atoms with Gasteiger partial charge in [0.1, 0.15) is 5.78 Å². The number of ketones is 1. The first-order chi connectivity index (χ1) is 10.4. The zero-order valence-electron chi connectivity index (χ0n) is 14.3. The highest BCUT2D eigenvalue weighted by Crippen LogP contribution is 2.15. The molecule has 0 saturated carbocycles. The van der Waals surface area contributed by atoms with Crippen LogP contribution in [-0.2, 0) is 16.0 Å². The average molecular weight is 303 g/mol. The highest BCUT2D eigenvalue weighted by Gasteiger charge is 2.08. The summed E-state index contributed by atoms with van der Waals surface area (Å²) in [6.45, 7) is 7.69. The molecule has 0 radical (unpaired) electrons. The van der Waals surface area contributed by atoms with E-state index < -0.39 is 0 Å². The Morgan fingerprint density at radius 2 is 1.73 bits per heavy atom. The van der Waals surface area contributed by atoms with E-state index in [1.165, 1.54) is 5.56 Å². The minimum absolute atomic E-state index is 0.0119. The Morgan fingerprint density at radius 3 is 2.36 bits per heavy atom. The topological polar surface area (TPSA) is 46.2 Å². The van der Waals surface area contributed by atoms with E-state index in [0.717, 1.165) is 31.4 Å². The smallest absolute Gasteiger partial charge is 0.226 e. The second kappa shape index (κ2) is 9.39. The highest BCUT2D eigenvalue weighted by molar-refractivity contribution is 5.92. The molecule has 0 bridgehead atoms. The Balaban J connectivity index is 2.34. The molecule has 0 aliphatic carbocycles. The summed E-state index contributed by atoms with van der Waals surface area (Å²) in [5.41, 5.74) is 2.10. The molecule has 0 aliphatic heterocycles. The van der Waals surface area contributed by atoms with Gasteiger partial charge in [0.25, 0.3) is 0 Å². The summed E-state index contributed by atoms with van der Waals surface area (Å²) >= 11 is 0. The molecule has 0 heterocycles. The third-order valence-corrected chi connectivity index (χ3v) is 3.75. The normalized spacial score (nSPS) is 11.0. The largest absolute Gasteiger partial charge is 0.326 e. The third-order valence-electron chi connectivity index (χ3n) is 3.75. The van der Waals surface area contributed by atoms with Crippen molar-refractivity contribution in [1.29, 1.82) is 0 Å². The number of hydrogen-bond acceptors (Lipinski definition) is 2. The van der Waals surface area contributed by atoms with Crippen molar-refractivity contribution in [3.8, 4) is 0 Å². The van der Waals surface area contributed by atoms with Crippen LogP contribution in [0.4, 0.5) is 5.69 Å². The zero-order valence-corrected chi connectivity index (χ0v) is 14.3. The van der Waals surface area contributed by atoms with Crippen LogP contribution in [0.2, 0.25) is 0 Å². The van der Waals surface area contributed by atoms with Crippen molar-refractivity contribution in [2.75, 3.05) is 5.32 Å². The van der Waals surface area contributed by atoms with Crippen molar-refractivity contribution in [2.24, 2.45) is 11.8 Å². The van der Waals surface area contributed by atoms with Crippen molar-refractivity contribution < 1.29 is 9.59 Å². The molecule has 1 rings (SSSR count). The Hall–Kier alpha value is -1.64. The van der Waals surface area contributed by atoms with Gasteiger partial charge in [-0.2, -0.15) is 0 Å². The van der Waals surface area contributed by atoms with Gasteiger partial charge in [-0.1, -0.05) is 46.2 Å². The number of nitrogens with one attached hydrogen (secondary N) is 1. The maximum atomic E-state index is 11.7. The van der Waals surface area contributed by atoms with Gasteiger partial charge in [-0.25, -0.2) is 0 Å². The molecule has 3 heteroatoms. The number of rotatable bonds is 9. The van der Waals surface area contributed by atoms with E-state index in [2.05, 4.69) is 11.4 Å². The molecule has 122 valence electrons. The van der Waals surface area contributed by atoms with E-state index in [1.54, 1.807) is 0 Å². The lowest BCUT2D eigenvalue weighted by atomic mass is 10.0. The van der Waals surface area contributed by atoms with Gasteiger partial charge in [0.2, 0.25) is 5.91 Å². The van der Waals surface area contributed by atoms with Gasteiger partial charge in [0.15, 0.2) is 0 Å². The molecule has 0 fully saturated rings. The van der Waals surface area contributed by atoms with E-state index in [0.29, 0.717) is 12.2 Å². The fourth-order valence-corrected chi connectivity index (χ4v) is 2.18. The number of unbranched alkanes of at least 4 members (excludes halogenated alkanes) is 2. The maximum absolute atomic E-state index is 11.7. The van der Waals surface area contributed by atoms with Crippen molar-refractivity contribution in [1.82, 2.24) is 0 Å². The van der Waals surface area contributed by atoms with Crippen LogP contribution in [0.25, 0.3) is 0 Å². The summed E-state index contributed by atoms with van der Waals surface area (Å²) in [5.74, 6) is 0.547. The molecule has 1 amide bonds. The van der Waals surface area contributed by atoms with Crippen LogP contribution < -0.4 is 5.32 Å². The minimum atomic E-state index is -0.0119. The molecular weight excluding hydrogens is 274 g/mol. The molecule has 0 atom stereocenters. The van der Waals surface area contributed by atoms with Crippen LogP contribution in [0, 0.1) is 11.8 Å². The fourth-order valence-electron chi connectivity index (χ4n) is 2.18. The Morgan fingerprint density at radius 1 is 1.00 bits per heavy atom. The van der Waals surface area contributed by atoms with Crippen LogP contribution in [0.5, 0.6) is 0 Å². The summed E-state index contributed by atoms with van der Waals surface area (Å²) in [5, 5.41) is 2.93. The van der Waals surface area contributed by atoms with Crippen LogP contribution in [-0.4, -0.2) is 11.7 Å². The second-order valence-corrected chi connectivity index (χ2v) is 6.53. The third kappa shape index (κ3) is 6.88. The van der Waals surface area contributed by atoms with E-state index in [9.17, 15) is 9.59 Å². The number of Topliss-reactive ketones (excluding diaryl/α,β-unsaturated/α-hetero) is 1. The van der Waals surface area contributed by atoms with E-state index in [1.807, 2.05) is 45.9 Å². The Kier molecular flexibility index (Phi) is 7.86. The molecule has 22 heavy (non-hydrogen) atoms. The summed E-state index contributed by atoms with van der Waals surface area (Å²) in [4.78, 5) is 23.2. The predicted octanol–water partition coefficient (Wildman–Crippen LogP) is 4.61. The van der Waals surface area contributed by atoms with Gasteiger partial charge in [-0.3, -0.25) is 9.59 Å². The Labute approximate surface area is 134 Å². The van der Waals surface area contributed by atoms with Crippen LogP contribution in [0.1, 0.15) is 58.9 Å². The predicted molar refractivity (Wildman–Crippen MR) is 91.9 cm³/mol. The summed E-state index contributed by atoms with van der Waals surface area (Å²) in [6, 6.07) is 8.03. The number of hydrogen-bond donors (Lipinski definition) is 1. The number of amides is 1. The van der Waals surface area contributed by atoms with Crippen LogP contribution >= 0.6 is 0 Å². The molecule has 0 spiro atoms. The van der Waals surface area contributed by atoms with Crippen molar-refractivity contribution in [2.45, 2.75) is 59.8 Å². The lowest BCUT2D eigenvalue weighted by Crippen LogP contribution is -2.17. The maximum Gasteiger partial charge on any atom is 0.226 e. The van der Waals surface area contributed by atoms with Crippen molar-refractivity contribution in [3.63, 3.8) is 0 Å². The zero-order chi connectivity index (χ0) is 16.5. The number of carbonyl (C=O) groups is 2. The molecule has 3 nitrogen and oxygen atoms in total. The fraction of sp³-hybridized carbons (Fsp3) is 0.579. The molecule has 1 N–H and O–H groups in total. The van der Waals surface area contributed by atoms with Gasteiger partial charge in [-0.05, 0) is 37.0 Å². The lowest BCUT2D eigenvalue weighted by molar-refractivity contribution is -0.122. The standard InChI is InChI=1S/C19H29NO2/c1-14(2)18(21)12-7-5-6-9-16-10-8-11-17(13-16)20-19(22)15(3)4/h8,10-11,13-15H,5-7,9,12H2,1-4H3,(H,20,22). The van der Waals surface area contributed by atoms with Gasteiger partial charge in [-0.15, -0.1) is 0 Å². The quantitative estimate of drug-likeness (QED) is 0.677. The molecule has 0 aromatic heterocycles. The first-order valence-electron chi connectivity index (χ1n) is 8.32. The summed E-state index contributed by atoms with van der Waals surface area (Å²) < 4.78 is 0. The van der Waals surface area contributed by atoms with Gasteiger partial charge >= 0.3 is 0 Å². The van der Waals surface area contributed by atoms with Crippen molar-refractivity contribution in [3.05, 3.63) is 29.8 Å². The molecule has 1 aromatic carbocycles. The average Bonchev–Trinajstić information content (AvgIpc) is 2.46. The minimum Gasteiger partial charge on any atom is -0.326 e. The van der Waals surface area contributed by atoms with Crippen LogP contribution in [0.3, 0.4) is 0 Å². The van der Waals surface area contributed by atoms with Gasteiger partial charge < -0.3 is 5.32 Å². The van der Waals surface area contributed by atoms with E-state index >= 15 is 0 Å². The first-order valence-corrected chi connectivity index (χ1v) is 8.32. The number of anilines is 1. The number of benzene rings is 1. The van der Waals surface area contributed by atoms with E-state index in [4.69, 9.17) is 0 Å². The SMILES string of the molecule is CC(C)C(=O)CCCCCc1cccc(NC(=O)C(C)C)c1. The summed E-state index contributed by atoms with van der Waals surface area (Å²) in [7, 11) is 0.